The second-order valence-corrected chi connectivity index (χ2v) is 6.01. The van der Waals surface area contributed by atoms with E-state index >= 15 is 0 Å². The number of para-hydroxylation sites is 1. The van der Waals surface area contributed by atoms with Crippen LogP contribution in [-0.4, -0.2) is 11.0 Å². The van der Waals surface area contributed by atoms with E-state index in [9.17, 15) is 0 Å². The van der Waals surface area contributed by atoms with Gasteiger partial charge in [-0.2, -0.15) is 0 Å². The lowest BCUT2D eigenvalue weighted by Gasteiger charge is -2.46. The van der Waals surface area contributed by atoms with Gasteiger partial charge in [0, 0.05) is 5.56 Å². The molecule has 2 aliphatic rings. The molecule has 1 nitrogen and oxygen atoms in total. The molecule has 1 aromatic rings. The molecule has 0 N–H and O–H groups in total. The molecule has 3 heteroatoms. The van der Waals surface area contributed by atoms with Gasteiger partial charge in [-0.05, 0) is 31.7 Å². The summed E-state index contributed by atoms with van der Waals surface area (Å²) in [6, 6.07) is 8.00. The largest absolute Gasteiger partial charge is 0.485 e. The number of hydrogen-bond donors (Lipinski definition) is 0. The summed E-state index contributed by atoms with van der Waals surface area (Å²) in [6.07, 6.45) is 5.71. The van der Waals surface area contributed by atoms with Crippen LogP contribution in [0.15, 0.2) is 24.3 Å². The predicted octanol–water partition coefficient (Wildman–Crippen LogP) is 4.67. The molecule has 2 atom stereocenters. The second-order valence-electron chi connectivity index (χ2n) is 5.07. The first-order chi connectivity index (χ1) is 8.23. The molecule has 0 saturated heterocycles. The molecule has 3 rings (SSSR count). The van der Waals surface area contributed by atoms with Crippen LogP contribution in [-0.2, 0) is 0 Å². The third kappa shape index (κ3) is 1.84. The quantitative estimate of drug-likeness (QED) is 0.623. The highest BCUT2D eigenvalue weighted by Crippen LogP contribution is 2.50. The Kier molecular flexibility index (Phi) is 3.00. The van der Waals surface area contributed by atoms with Gasteiger partial charge in [-0.3, -0.25) is 0 Å². The van der Waals surface area contributed by atoms with Gasteiger partial charge in [0.05, 0.1) is 10.8 Å². The molecule has 0 bridgehead atoms. The van der Waals surface area contributed by atoms with E-state index in [-0.39, 0.29) is 16.4 Å². The molecule has 1 aromatic carbocycles. The Morgan fingerprint density at radius 2 is 1.76 bits per heavy atom. The number of rotatable bonds is 0. The van der Waals surface area contributed by atoms with Gasteiger partial charge in [0.1, 0.15) is 11.4 Å². The number of ether oxygens (including phenoxy) is 1. The molecule has 92 valence electrons. The maximum atomic E-state index is 6.57. The number of alkyl halides is 2. The van der Waals surface area contributed by atoms with Gasteiger partial charge >= 0.3 is 0 Å². The summed E-state index contributed by atoms with van der Waals surface area (Å²) < 4.78 is 6.23. The lowest BCUT2D eigenvalue weighted by molar-refractivity contribution is 0.0131. The third-order valence-corrected chi connectivity index (χ3v) is 5.25. The van der Waals surface area contributed by atoms with Gasteiger partial charge < -0.3 is 4.74 Å². The lowest BCUT2D eigenvalue weighted by Crippen LogP contribution is -2.50. The van der Waals surface area contributed by atoms with Gasteiger partial charge in [-0.15, -0.1) is 23.2 Å². The van der Waals surface area contributed by atoms with E-state index in [0.717, 1.165) is 24.2 Å². The minimum absolute atomic E-state index is 0.126. The molecule has 0 unspecified atom stereocenters. The molecule has 0 amide bonds. The predicted molar refractivity (Wildman–Crippen MR) is 71.1 cm³/mol. The van der Waals surface area contributed by atoms with E-state index in [4.69, 9.17) is 27.9 Å². The number of benzene rings is 1. The Balaban J connectivity index is 2.00. The molecular formula is C14H16Cl2O. The van der Waals surface area contributed by atoms with Crippen LogP contribution in [0.3, 0.4) is 0 Å². The van der Waals surface area contributed by atoms with Crippen LogP contribution >= 0.6 is 23.2 Å². The van der Waals surface area contributed by atoms with Gasteiger partial charge in [0.15, 0.2) is 0 Å². The van der Waals surface area contributed by atoms with E-state index in [1.165, 1.54) is 19.3 Å². The SMILES string of the molecule is Cl[C@@H]1c2ccccc2OC2(CCCCC2)[C@@H]1Cl. The second kappa shape index (κ2) is 4.37. The Morgan fingerprint density at radius 1 is 1.06 bits per heavy atom. The molecule has 17 heavy (non-hydrogen) atoms. The summed E-state index contributed by atoms with van der Waals surface area (Å²) in [5.41, 5.74) is 0.797. The summed E-state index contributed by atoms with van der Waals surface area (Å²) >= 11 is 13.1. The minimum atomic E-state index is -0.236. The van der Waals surface area contributed by atoms with Crippen LogP contribution in [0.5, 0.6) is 5.75 Å². The molecule has 1 aliphatic heterocycles. The van der Waals surface area contributed by atoms with Crippen LogP contribution in [0.1, 0.15) is 43.0 Å². The first-order valence-electron chi connectivity index (χ1n) is 6.29. The standard InChI is InChI=1S/C14H16Cl2O/c15-12-10-6-2-3-7-11(10)17-14(13(12)16)8-4-1-5-9-14/h2-3,6-7,12-13H,1,4-5,8-9H2/t12-,13-/m1/s1. The van der Waals surface area contributed by atoms with Gasteiger partial charge in [0.2, 0.25) is 0 Å². The highest BCUT2D eigenvalue weighted by Gasteiger charge is 2.48. The summed E-state index contributed by atoms with van der Waals surface area (Å²) in [5, 5.41) is -0.265. The first-order valence-corrected chi connectivity index (χ1v) is 7.16. The monoisotopic (exact) mass is 270 g/mol. The van der Waals surface area contributed by atoms with Crippen molar-refractivity contribution in [3.05, 3.63) is 29.8 Å². The summed E-state index contributed by atoms with van der Waals surface area (Å²) in [4.78, 5) is 0. The van der Waals surface area contributed by atoms with Crippen molar-refractivity contribution >= 4 is 23.2 Å². The van der Waals surface area contributed by atoms with Crippen molar-refractivity contribution in [2.75, 3.05) is 0 Å². The summed E-state index contributed by atoms with van der Waals surface area (Å²) in [6.45, 7) is 0. The molecule has 1 spiro atoms. The molecule has 1 saturated carbocycles. The Bertz CT molecular complexity index is 412. The van der Waals surface area contributed by atoms with Crippen molar-refractivity contribution in [3.63, 3.8) is 0 Å². The van der Waals surface area contributed by atoms with Gasteiger partial charge in [-0.1, -0.05) is 24.6 Å². The van der Waals surface area contributed by atoms with Crippen molar-refractivity contribution < 1.29 is 4.74 Å². The number of hydrogen-bond acceptors (Lipinski definition) is 1. The Labute approximate surface area is 112 Å². The normalized spacial score (nSPS) is 30.7. The van der Waals surface area contributed by atoms with E-state index in [1.54, 1.807) is 0 Å². The topological polar surface area (TPSA) is 9.23 Å². The third-order valence-electron chi connectivity index (χ3n) is 3.99. The van der Waals surface area contributed by atoms with E-state index in [2.05, 4.69) is 0 Å². The highest BCUT2D eigenvalue weighted by atomic mass is 35.5. The average molecular weight is 271 g/mol. The molecule has 1 fully saturated rings. The van der Waals surface area contributed by atoms with Crippen LogP contribution in [0.2, 0.25) is 0 Å². The van der Waals surface area contributed by atoms with E-state index < -0.39 is 0 Å². The smallest absolute Gasteiger partial charge is 0.127 e. The Morgan fingerprint density at radius 3 is 2.53 bits per heavy atom. The van der Waals surface area contributed by atoms with E-state index in [1.807, 2.05) is 24.3 Å². The van der Waals surface area contributed by atoms with Crippen molar-refractivity contribution in [3.8, 4) is 5.75 Å². The summed E-state index contributed by atoms with van der Waals surface area (Å²) in [5.74, 6) is 0.923. The lowest BCUT2D eigenvalue weighted by atomic mass is 9.78. The van der Waals surface area contributed by atoms with Crippen molar-refractivity contribution in [2.45, 2.75) is 48.5 Å². The van der Waals surface area contributed by atoms with Crippen molar-refractivity contribution in [2.24, 2.45) is 0 Å². The van der Waals surface area contributed by atoms with E-state index in [0.29, 0.717) is 0 Å². The zero-order valence-corrected chi connectivity index (χ0v) is 11.2. The zero-order chi connectivity index (χ0) is 11.9. The first kappa shape index (κ1) is 11.7. The van der Waals surface area contributed by atoms with Crippen molar-refractivity contribution in [1.29, 1.82) is 0 Å². The van der Waals surface area contributed by atoms with Crippen LogP contribution in [0.4, 0.5) is 0 Å². The minimum Gasteiger partial charge on any atom is -0.485 e. The maximum Gasteiger partial charge on any atom is 0.127 e. The van der Waals surface area contributed by atoms with Gasteiger partial charge in [0.25, 0.3) is 0 Å². The fraction of sp³-hybridized carbons (Fsp3) is 0.571. The molecule has 0 radical (unpaired) electrons. The number of halogens is 2. The molecule has 1 aliphatic carbocycles. The van der Waals surface area contributed by atoms with Crippen LogP contribution < -0.4 is 4.74 Å². The maximum absolute atomic E-state index is 6.57. The number of fused-ring (bicyclic) bond motifs is 1. The van der Waals surface area contributed by atoms with Crippen molar-refractivity contribution in [1.82, 2.24) is 0 Å². The molecular weight excluding hydrogens is 255 g/mol. The highest BCUT2D eigenvalue weighted by molar-refractivity contribution is 6.31. The summed E-state index contributed by atoms with van der Waals surface area (Å²) in [7, 11) is 0. The molecule has 1 heterocycles. The van der Waals surface area contributed by atoms with Crippen LogP contribution in [0, 0.1) is 0 Å². The fourth-order valence-corrected chi connectivity index (χ4v) is 3.84. The average Bonchev–Trinajstić information content (AvgIpc) is 2.37. The fourth-order valence-electron chi connectivity index (χ4n) is 3.03. The zero-order valence-electron chi connectivity index (χ0n) is 9.66. The molecule has 0 aromatic heterocycles. The Hall–Kier alpha value is -0.400. The van der Waals surface area contributed by atoms with Crippen LogP contribution in [0.25, 0.3) is 0 Å². The van der Waals surface area contributed by atoms with Gasteiger partial charge in [-0.25, -0.2) is 0 Å².